The predicted molar refractivity (Wildman–Crippen MR) is 108 cm³/mol. The van der Waals surface area contributed by atoms with E-state index in [1.165, 1.54) is 11.3 Å². The van der Waals surface area contributed by atoms with Gasteiger partial charge in [0.2, 0.25) is 11.8 Å². The first-order valence-corrected chi connectivity index (χ1v) is 10.2. The van der Waals surface area contributed by atoms with Gasteiger partial charge in [0.1, 0.15) is 11.7 Å². The van der Waals surface area contributed by atoms with Crippen LogP contribution in [-0.4, -0.2) is 45.6 Å². The van der Waals surface area contributed by atoms with E-state index in [0.29, 0.717) is 23.9 Å². The minimum absolute atomic E-state index is 0.140. The molecule has 7 heteroatoms. The average Bonchev–Trinajstić information content (AvgIpc) is 3.51. The Balaban J connectivity index is 1.25. The highest BCUT2D eigenvalue weighted by Crippen LogP contribution is 2.33. The number of rotatable bonds is 5. The lowest BCUT2D eigenvalue weighted by Gasteiger charge is -2.24. The van der Waals surface area contributed by atoms with E-state index in [1.807, 2.05) is 23.1 Å². The van der Waals surface area contributed by atoms with Crippen molar-refractivity contribution >= 4 is 11.6 Å². The van der Waals surface area contributed by atoms with E-state index in [2.05, 4.69) is 44.3 Å². The standard InChI is InChI=1S/C22H23N5O2/c28-20(11-15-26-14-10-16-6-1-2-8-18(16)26)27-13-5-9-19(27)22-25-24-21(29-22)17-7-3-4-12-23-17/h1-4,6-8,12,19H,5,9-11,13-15H2. The van der Waals surface area contributed by atoms with Crippen molar-refractivity contribution in [2.75, 3.05) is 24.5 Å². The second kappa shape index (κ2) is 7.66. The lowest BCUT2D eigenvalue weighted by Crippen LogP contribution is -2.34. The number of para-hydroxylation sites is 1. The number of fused-ring (bicyclic) bond motifs is 1. The third kappa shape index (κ3) is 3.48. The highest BCUT2D eigenvalue weighted by Gasteiger charge is 2.34. The van der Waals surface area contributed by atoms with Gasteiger partial charge in [0, 0.05) is 37.9 Å². The summed E-state index contributed by atoms with van der Waals surface area (Å²) in [6.07, 6.45) is 5.04. The van der Waals surface area contributed by atoms with Gasteiger partial charge >= 0.3 is 0 Å². The minimum Gasteiger partial charge on any atom is -0.417 e. The van der Waals surface area contributed by atoms with Gasteiger partial charge < -0.3 is 14.2 Å². The SMILES string of the molecule is O=C(CCN1CCc2ccccc21)N1CCCC1c1nnc(-c2ccccn2)o1. The minimum atomic E-state index is -0.140. The molecule has 148 valence electrons. The van der Waals surface area contributed by atoms with Crippen LogP contribution in [0.1, 0.15) is 36.8 Å². The Kier molecular flexibility index (Phi) is 4.71. The molecule has 0 aliphatic carbocycles. The molecule has 0 radical (unpaired) electrons. The number of nitrogens with zero attached hydrogens (tertiary/aromatic N) is 5. The number of aromatic nitrogens is 3. The van der Waals surface area contributed by atoms with Crippen LogP contribution in [0.3, 0.4) is 0 Å². The van der Waals surface area contributed by atoms with Crippen LogP contribution in [0.4, 0.5) is 5.69 Å². The summed E-state index contributed by atoms with van der Waals surface area (Å²) < 4.78 is 5.87. The van der Waals surface area contributed by atoms with E-state index in [9.17, 15) is 4.79 Å². The van der Waals surface area contributed by atoms with E-state index in [-0.39, 0.29) is 11.9 Å². The molecule has 1 saturated heterocycles. The zero-order chi connectivity index (χ0) is 19.6. The molecule has 0 bridgehead atoms. The Morgan fingerprint density at radius 2 is 2.00 bits per heavy atom. The van der Waals surface area contributed by atoms with Crippen molar-refractivity contribution < 1.29 is 9.21 Å². The fourth-order valence-corrected chi connectivity index (χ4v) is 4.30. The molecular weight excluding hydrogens is 366 g/mol. The Hall–Kier alpha value is -3.22. The number of hydrogen-bond donors (Lipinski definition) is 0. The molecule has 1 aromatic carbocycles. The summed E-state index contributed by atoms with van der Waals surface area (Å²) in [5.74, 6) is 1.05. The average molecular weight is 389 g/mol. The third-order valence-corrected chi connectivity index (χ3v) is 5.76. The van der Waals surface area contributed by atoms with Crippen LogP contribution < -0.4 is 4.90 Å². The summed E-state index contributed by atoms with van der Waals surface area (Å²) in [6, 6.07) is 13.9. The van der Waals surface area contributed by atoms with Crippen LogP contribution in [0, 0.1) is 0 Å². The molecule has 0 N–H and O–H groups in total. The van der Waals surface area contributed by atoms with Crippen LogP contribution in [0.25, 0.3) is 11.6 Å². The Bertz CT molecular complexity index is 1000. The van der Waals surface area contributed by atoms with Crippen LogP contribution in [0.5, 0.6) is 0 Å². The molecule has 3 aromatic rings. The van der Waals surface area contributed by atoms with Gasteiger partial charge in [-0.15, -0.1) is 10.2 Å². The van der Waals surface area contributed by atoms with Crippen LogP contribution >= 0.6 is 0 Å². The maximum atomic E-state index is 13.0. The molecular formula is C22H23N5O2. The maximum Gasteiger partial charge on any atom is 0.266 e. The van der Waals surface area contributed by atoms with Crippen LogP contribution in [-0.2, 0) is 11.2 Å². The molecule has 5 rings (SSSR count). The van der Waals surface area contributed by atoms with E-state index in [0.717, 1.165) is 38.9 Å². The molecule has 1 atom stereocenters. The first kappa shape index (κ1) is 17.8. The number of hydrogen-bond acceptors (Lipinski definition) is 6. The second-order valence-electron chi connectivity index (χ2n) is 7.52. The van der Waals surface area contributed by atoms with Gasteiger partial charge in [-0.1, -0.05) is 24.3 Å². The molecule has 2 aromatic heterocycles. The van der Waals surface area contributed by atoms with Gasteiger partial charge in [0.05, 0.1) is 0 Å². The van der Waals surface area contributed by atoms with Crippen molar-refractivity contribution in [2.45, 2.75) is 31.7 Å². The van der Waals surface area contributed by atoms with Gasteiger partial charge in [-0.3, -0.25) is 9.78 Å². The summed E-state index contributed by atoms with van der Waals surface area (Å²) in [5.41, 5.74) is 3.27. The smallest absolute Gasteiger partial charge is 0.266 e. The van der Waals surface area contributed by atoms with Crippen molar-refractivity contribution in [1.82, 2.24) is 20.1 Å². The molecule has 1 unspecified atom stereocenters. The van der Waals surface area contributed by atoms with Gasteiger partial charge in [0.25, 0.3) is 5.89 Å². The zero-order valence-corrected chi connectivity index (χ0v) is 16.2. The number of benzene rings is 1. The molecule has 0 saturated carbocycles. The summed E-state index contributed by atoms with van der Waals surface area (Å²) in [6.45, 7) is 2.45. The van der Waals surface area contributed by atoms with E-state index < -0.39 is 0 Å². The van der Waals surface area contributed by atoms with Gasteiger partial charge in [-0.05, 0) is 43.0 Å². The predicted octanol–water partition coefficient (Wildman–Crippen LogP) is 3.25. The highest BCUT2D eigenvalue weighted by molar-refractivity contribution is 5.77. The fraction of sp³-hybridized carbons (Fsp3) is 0.364. The Morgan fingerprint density at radius 1 is 1.10 bits per heavy atom. The van der Waals surface area contributed by atoms with Gasteiger partial charge in [0.15, 0.2) is 0 Å². The van der Waals surface area contributed by atoms with Crippen LogP contribution in [0.2, 0.25) is 0 Å². The molecule has 2 aliphatic rings. The fourth-order valence-electron chi connectivity index (χ4n) is 4.30. The number of carbonyl (C=O) groups is 1. The number of pyridine rings is 1. The molecule has 4 heterocycles. The van der Waals surface area contributed by atoms with E-state index >= 15 is 0 Å². The number of likely N-dealkylation sites (tertiary alicyclic amines) is 1. The molecule has 0 spiro atoms. The van der Waals surface area contributed by atoms with Crippen molar-refractivity contribution in [1.29, 1.82) is 0 Å². The topological polar surface area (TPSA) is 75.4 Å². The van der Waals surface area contributed by atoms with Crippen molar-refractivity contribution in [3.05, 3.63) is 60.1 Å². The van der Waals surface area contributed by atoms with Gasteiger partial charge in [-0.2, -0.15) is 0 Å². The normalized spacial score (nSPS) is 18.3. The van der Waals surface area contributed by atoms with Gasteiger partial charge in [-0.25, -0.2) is 0 Å². The molecule has 1 fully saturated rings. The number of carbonyl (C=O) groups excluding carboxylic acids is 1. The monoisotopic (exact) mass is 389 g/mol. The number of amides is 1. The lowest BCUT2D eigenvalue weighted by atomic mass is 10.2. The van der Waals surface area contributed by atoms with Crippen molar-refractivity contribution in [3.8, 4) is 11.6 Å². The van der Waals surface area contributed by atoms with Crippen LogP contribution in [0.15, 0.2) is 53.1 Å². The van der Waals surface area contributed by atoms with Crippen molar-refractivity contribution in [2.24, 2.45) is 0 Å². The first-order valence-electron chi connectivity index (χ1n) is 10.2. The molecule has 1 amide bonds. The molecule has 29 heavy (non-hydrogen) atoms. The van der Waals surface area contributed by atoms with E-state index in [4.69, 9.17) is 4.42 Å². The quantitative estimate of drug-likeness (QED) is 0.667. The molecule has 2 aliphatic heterocycles. The maximum absolute atomic E-state index is 13.0. The van der Waals surface area contributed by atoms with E-state index in [1.54, 1.807) is 6.20 Å². The largest absolute Gasteiger partial charge is 0.417 e. The number of anilines is 1. The lowest BCUT2D eigenvalue weighted by molar-refractivity contribution is -0.132. The summed E-state index contributed by atoms with van der Waals surface area (Å²) in [7, 11) is 0. The van der Waals surface area contributed by atoms with Crippen molar-refractivity contribution in [3.63, 3.8) is 0 Å². The third-order valence-electron chi connectivity index (χ3n) is 5.76. The molecule has 7 nitrogen and oxygen atoms in total. The first-order chi connectivity index (χ1) is 14.3. The summed E-state index contributed by atoms with van der Waals surface area (Å²) >= 11 is 0. The second-order valence-corrected chi connectivity index (χ2v) is 7.52. The Labute approximate surface area is 169 Å². The zero-order valence-electron chi connectivity index (χ0n) is 16.2. The summed E-state index contributed by atoms with van der Waals surface area (Å²) in [4.78, 5) is 21.4. The summed E-state index contributed by atoms with van der Waals surface area (Å²) in [5, 5.41) is 8.35. The highest BCUT2D eigenvalue weighted by atomic mass is 16.4. The Morgan fingerprint density at radius 3 is 2.90 bits per heavy atom.